The van der Waals surface area contributed by atoms with Crippen LogP contribution in [0.5, 0.6) is 0 Å². The molecule has 0 aliphatic carbocycles. The number of urea groups is 1. The first-order chi connectivity index (χ1) is 10.6. The summed E-state index contributed by atoms with van der Waals surface area (Å²) in [6.07, 6.45) is 0.837. The van der Waals surface area contributed by atoms with Gasteiger partial charge in [0.05, 0.1) is 0 Å². The van der Waals surface area contributed by atoms with Gasteiger partial charge in [0.15, 0.2) is 0 Å². The number of benzene rings is 1. The van der Waals surface area contributed by atoms with Gasteiger partial charge < -0.3 is 19.9 Å². The maximum atomic E-state index is 12.0. The number of aryl methyl sites for hydroxylation is 1. The molecule has 1 aromatic rings. The molecule has 1 fully saturated rings. The smallest absolute Gasteiger partial charge is 0.317 e. The number of hydrogen-bond acceptors (Lipinski definition) is 3. The summed E-state index contributed by atoms with van der Waals surface area (Å²) in [4.78, 5) is 16.2. The molecular formula is C16H24ClN3O2. The molecule has 0 saturated carbocycles. The predicted octanol–water partition coefficient (Wildman–Crippen LogP) is 2.52. The van der Waals surface area contributed by atoms with Gasteiger partial charge in [-0.1, -0.05) is 17.7 Å². The molecule has 6 heteroatoms. The predicted molar refractivity (Wildman–Crippen MR) is 89.9 cm³/mol. The summed E-state index contributed by atoms with van der Waals surface area (Å²) in [6, 6.07) is 6.13. The first-order valence-corrected chi connectivity index (χ1v) is 8.02. The number of anilines is 1. The molecule has 0 spiro atoms. The zero-order chi connectivity index (χ0) is 15.9. The van der Waals surface area contributed by atoms with E-state index >= 15 is 0 Å². The highest BCUT2D eigenvalue weighted by Crippen LogP contribution is 2.24. The molecule has 1 aliphatic rings. The molecule has 0 unspecified atom stereocenters. The molecule has 1 aliphatic heterocycles. The fourth-order valence-corrected chi connectivity index (χ4v) is 2.64. The van der Waals surface area contributed by atoms with Crippen molar-refractivity contribution in [3.05, 3.63) is 28.8 Å². The van der Waals surface area contributed by atoms with Crippen molar-refractivity contribution in [1.29, 1.82) is 0 Å². The fraction of sp³-hybridized carbons (Fsp3) is 0.562. The van der Waals surface area contributed by atoms with E-state index < -0.39 is 0 Å². The van der Waals surface area contributed by atoms with Crippen molar-refractivity contribution >= 4 is 23.3 Å². The minimum absolute atomic E-state index is 0.0118. The van der Waals surface area contributed by atoms with E-state index in [0.29, 0.717) is 13.2 Å². The Morgan fingerprint density at radius 2 is 2.05 bits per heavy atom. The second-order valence-electron chi connectivity index (χ2n) is 5.49. The molecule has 1 heterocycles. The molecular weight excluding hydrogens is 302 g/mol. The van der Waals surface area contributed by atoms with Gasteiger partial charge in [-0.15, -0.1) is 0 Å². The summed E-state index contributed by atoms with van der Waals surface area (Å²) < 4.78 is 4.97. The number of hydrogen-bond donors (Lipinski definition) is 1. The molecule has 1 saturated heterocycles. The van der Waals surface area contributed by atoms with E-state index in [1.165, 1.54) is 0 Å². The van der Waals surface area contributed by atoms with Crippen LogP contribution in [-0.4, -0.2) is 57.4 Å². The zero-order valence-electron chi connectivity index (χ0n) is 13.3. The van der Waals surface area contributed by atoms with Crippen molar-refractivity contribution in [2.75, 3.05) is 51.3 Å². The maximum absolute atomic E-state index is 12.0. The first kappa shape index (κ1) is 16.9. The second-order valence-corrected chi connectivity index (χ2v) is 5.89. The van der Waals surface area contributed by atoms with E-state index in [1.54, 1.807) is 7.11 Å². The van der Waals surface area contributed by atoms with Gasteiger partial charge in [-0.3, -0.25) is 0 Å². The van der Waals surface area contributed by atoms with Crippen LogP contribution >= 0.6 is 11.6 Å². The van der Waals surface area contributed by atoms with Gasteiger partial charge in [0.2, 0.25) is 0 Å². The Morgan fingerprint density at radius 1 is 1.32 bits per heavy atom. The average Bonchev–Trinajstić information content (AvgIpc) is 2.54. The normalized spacial score (nSPS) is 15.0. The number of amides is 2. The van der Waals surface area contributed by atoms with Crippen LogP contribution in [0.15, 0.2) is 18.2 Å². The maximum Gasteiger partial charge on any atom is 0.317 e. The number of methoxy groups -OCH3 is 1. The largest absolute Gasteiger partial charge is 0.385 e. The molecule has 0 radical (unpaired) electrons. The van der Waals surface area contributed by atoms with E-state index in [-0.39, 0.29) is 6.03 Å². The Morgan fingerprint density at radius 3 is 2.68 bits per heavy atom. The number of ether oxygens (including phenoxy) is 1. The minimum Gasteiger partial charge on any atom is -0.385 e. The Balaban J connectivity index is 1.79. The van der Waals surface area contributed by atoms with Crippen LogP contribution in [-0.2, 0) is 4.74 Å². The molecule has 0 atom stereocenters. The van der Waals surface area contributed by atoms with Crippen molar-refractivity contribution in [2.45, 2.75) is 13.3 Å². The number of rotatable bonds is 5. The number of nitrogens with one attached hydrogen (secondary N) is 1. The average molecular weight is 326 g/mol. The number of nitrogens with zero attached hydrogens (tertiary/aromatic N) is 2. The molecule has 1 N–H and O–H groups in total. The number of carbonyl (C=O) groups excluding carboxylic acids is 1. The molecule has 2 amide bonds. The molecule has 5 nitrogen and oxygen atoms in total. The second kappa shape index (κ2) is 8.25. The van der Waals surface area contributed by atoms with E-state index in [1.807, 2.05) is 24.0 Å². The van der Waals surface area contributed by atoms with Gasteiger partial charge in [0.25, 0.3) is 0 Å². The molecule has 0 aromatic heterocycles. The van der Waals surface area contributed by atoms with Crippen LogP contribution in [0.2, 0.25) is 5.02 Å². The van der Waals surface area contributed by atoms with E-state index in [2.05, 4.69) is 16.3 Å². The van der Waals surface area contributed by atoms with Crippen molar-refractivity contribution < 1.29 is 9.53 Å². The lowest BCUT2D eigenvalue weighted by atomic mass is 10.2. The van der Waals surface area contributed by atoms with Crippen LogP contribution in [0.4, 0.5) is 10.5 Å². The number of carbonyl (C=O) groups is 1. The van der Waals surface area contributed by atoms with Crippen LogP contribution in [0.1, 0.15) is 12.0 Å². The third-order valence-electron chi connectivity index (χ3n) is 3.89. The van der Waals surface area contributed by atoms with Crippen molar-refractivity contribution in [3.63, 3.8) is 0 Å². The van der Waals surface area contributed by atoms with Crippen LogP contribution < -0.4 is 10.2 Å². The molecule has 1 aromatic carbocycles. The monoisotopic (exact) mass is 325 g/mol. The lowest BCUT2D eigenvalue weighted by Gasteiger charge is -2.36. The highest BCUT2D eigenvalue weighted by atomic mass is 35.5. The van der Waals surface area contributed by atoms with E-state index in [0.717, 1.165) is 48.9 Å². The summed E-state index contributed by atoms with van der Waals surface area (Å²) in [5.41, 5.74) is 2.20. The highest BCUT2D eigenvalue weighted by Gasteiger charge is 2.21. The van der Waals surface area contributed by atoms with Gasteiger partial charge in [-0.25, -0.2) is 4.79 Å². The van der Waals surface area contributed by atoms with Gasteiger partial charge >= 0.3 is 6.03 Å². The summed E-state index contributed by atoms with van der Waals surface area (Å²) in [5.74, 6) is 0. The quantitative estimate of drug-likeness (QED) is 0.846. The van der Waals surface area contributed by atoms with E-state index in [4.69, 9.17) is 16.3 Å². The lowest BCUT2D eigenvalue weighted by Crippen LogP contribution is -2.52. The Hall–Kier alpha value is -1.46. The van der Waals surface area contributed by atoms with Crippen molar-refractivity contribution in [1.82, 2.24) is 10.2 Å². The van der Waals surface area contributed by atoms with Crippen molar-refractivity contribution in [2.24, 2.45) is 0 Å². The third kappa shape index (κ3) is 4.52. The first-order valence-electron chi connectivity index (χ1n) is 7.64. The van der Waals surface area contributed by atoms with Crippen LogP contribution in [0.25, 0.3) is 0 Å². The van der Waals surface area contributed by atoms with Gasteiger partial charge in [-0.05, 0) is 31.0 Å². The lowest BCUT2D eigenvalue weighted by molar-refractivity contribution is 0.183. The number of piperazine rings is 1. The summed E-state index contributed by atoms with van der Waals surface area (Å²) in [6.45, 7) is 6.42. The summed E-state index contributed by atoms with van der Waals surface area (Å²) in [5, 5.41) is 3.71. The zero-order valence-corrected chi connectivity index (χ0v) is 14.0. The minimum atomic E-state index is 0.0118. The summed E-state index contributed by atoms with van der Waals surface area (Å²) >= 11 is 6.18. The molecule has 0 bridgehead atoms. The number of halogens is 1. The summed E-state index contributed by atoms with van der Waals surface area (Å²) in [7, 11) is 1.67. The van der Waals surface area contributed by atoms with Gasteiger partial charge in [0.1, 0.15) is 0 Å². The third-order valence-corrected chi connectivity index (χ3v) is 4.30. The van der Waals surface area contributed by atoms with Crippen LogP contribution in [0, 0.1) is 6.92 Å². The van der Waals surface area contributed by atoms with Crippen LogP contribution in [0.3, 0.4) is 0 Å². The topological polar surface area (TPSA) is 44.8 Å². The molecule has 2 rings (SSSR count). The van der Waals surface area contributed by atoms with Crippen molar-refractivity contribution in [3.8, 4) is 0 Å². The van der Waals surface area contributed by atoms with E-state index in [9.17, 15) is 4.79 Å². The highest BCUT2D eigenvalue weighted by molar-refractivity contribution is 6.31. The van der Waals surface area contributed by atoms with Gasteiger partial charge in [-0.2, -0.15) is 0 Å². The Kier molecular flexibility index (Phi) is 6.34. The molecule has 122 valence electrons. The molecule has 22 heavy (non-hydrogen) atoms. The van der Waals surface area contributed by atoms with Gasteiger partial charge in [0, 0.05) is 57.2 Å². The Labute approximate surface area is 137 Å². The fourth-order valence-electron chi connectivity index (χ4n) is 2.47. The SMILES string of the molecule is COCCCNC(=O)N1CCN(c2ccc(C)c(Cl)c2)CC1. The Bertz CT molecular complexity index is 502. The standard InChI is InChI=1S/C16H24ClN3O2/c1-13-4-5-14(12-15(13)17)19-7-9-20(10-8-19)16(21)18-6-3-11-22-2/h4-5,12H,3,6-11H2,1-2H3,(H,18,21).